The Morgan fingerprint density at radius 1 is 0.952 bits per heavy atom. The summed E-state index contributed by atoms with van der Waals surface area (Å²) < 4.78 is 24.0. The van der Waals surface area contributed by atoms with Crippen LogP contribution in [0.1, 0.15) is 105 Å². The quantitative estimate of drug-likeness (QED) is 0.107. The number of esters is 1. The van der Waals surface area contributed by atoms with Gasteiger partial charge < -0.3 is 18.9 Å². The second kappa shape index (κ2) is 14.5. The van der Waals surface area contributed by atoms with Gasteiger partial charge in [0, 0.05) is 6.42 Å². The van der Waals surface area contributed by atoms with E-state index in [9.17, 15) is 4.79 Å². The molecule has 4 atom stereocenters. The Morgan fingerprint density at radius 3 is 2.36 bits per heavy atom. The Hall–Kier alpha value is -2.21. The molecule has 0 spiro atoms. The normalized spacial score (nSPS) is 23.3. The van der Waals surface area contributed by atoms with Gasteiger partial charge in [0.05, 0.1) is 30.8 Å². The van der Waals surface area contributed by atoms with Crippen molar-refractivity contribution in [1.29, 1.82) is 0 Å². The number of hydrogen-bond acceptors (Lipinski definition) is 5. The summed E-state index contributed by atoms with van der Waals surface area (Å²) in [4.78, 5) is 13.3. The first-order valence-corrected chi connectivity index (χ1v) is 16.2. The SMILES string of the molecule is CC(OCCOC1C=CC(C2CCCCC2)=CC1)OC1C=Cc2cc(OC(=O)C(C)(CC(C)(C)C)C(C)C)ccc2C1. The summed E-state index contributed by atoms with van der Waals surface area (Å²) in [7, 11) is 0. The van der Waals surface area contributed by atoms with Crippen molar-refractivity contribution in [1.82, 2.24) is 0 Å². The molecular weight excluding hydrogens is 524 g/mol. The van der Waals surface area contributed by atoms with E-state index in [2.05, 4.69) is 65.0 Å². The van der Waals surface area contributed by atoms with Crippen LogP contribution in [-0.4, -0.2) is 37.7 Å². The molecule has 0 amide bonds. The fourth-order valence-corrected chi connectivity index (χ4v) is 6.58. The van der Waals surface area contributed by atoms with Gasteiger partial charge in [-0.2, -0.15) is 0 Å². The highest BCUT2D eigenvalue weighted by Crippen LogP contribution is 2.41. The molecule has 3 aliphatic carbocycles. The average molecular weight is 579 g/mol. The Kier molecular flexibility index (Phi) is 11.3. The molecule has 0 bridgehead atoms. The van der Waals surface area contributed by atoms with Crippen molar-refractivity contribution in [3.63, 3.8) is 0 Å². The summed E-state index contributed by atoms with van der Waals surface area (Å²) in [5.74, 6) is 1.36. The van der Waals surface area contributed by atoms with E-state index < -0.39 is 5.41 Å². The van der Waals surface area contributed by atoms with E-state index in [-0.39, 0.29) is 35.8 Å². The van der Waals surface area contributed by atoms with Crippen molar-refractivity contribution in [3.05, 3.63) is 59.2 Å². The molecule has 4 rings (SSSR count). The molecule has 1 aromatic carbocycles. The number of rotatable bonds is 12. The minimum Gasteiger partial charge on any atom is -0.426 e. The van der Waals surface area contributed by atoms with Crippen molar-refractivity contribution in [2.24, 2.45) is 22.7 Å². The van der Waals surface area contributed by atoms with Crippen LogP contribution < -0.4 is 4.74 Å². The van der Waals surface area contributed by atoms with Crippen molar-refractivity contribution in [2.45, 2.75) is 118 Å². The van der Waals surface area contributed by atoms with Gasteiger partial charge in [-0.05, 0) is 85.6 Å². The highest BCUT2D eigenvalue weighted by atomic mass is 16.7. The lowest BCUT2D eigenvalue weighted by atomic mass is 9.69. The Balaban J connectivity index is 1.19. The van der Waals surface area contributed by atoms with Crippen LogP contribution in [0.4, 0.5) is 0 Å². The summed E-state index contributed by atoms with van der Waals surface area (Å²) in [6.45, 7) is 15.7. The minimum atomic E-state index is -0.549. The van der Waals surface area contributed by atoms with Crippen LogP contribution in [0, 0.1) is 22.7 Å². The van der Waals surface area contributed by atoms with E-state index in [0.29, 0.717) is 19.0 Å². The largest absolute Gasteiger partial charge is 0.426 e. The monoisotopic (exact) mass is 578 g/mol. The minimum absolute atomic E-state index is 0.0300. The molecule has 0 radical (unpaired) electrons. The molecule has 0 aliphatic heterocycles. The molecule has 0 heterocycles. The summed E-state index contributed by atoms with van der Waals surface area (Å²) in [5.41, 5.74) is 3.22. The van der Waals surface area contributed by atoms with Crippen LogP contribution in [0.5, 0.6) is 5.75 Å². The van der Waals surface area contributed by atoms with E-state index in [4.69, 9.17) is 18.9 Å². The summed E-state index contributed by atoms with van der Waals surface area (Å²) >= 11 is 0. The first-order chi connectivity index (χ1) is 19.9. The third kappa shape index (κ3) is 9.14. The van der Waals surface area contributed by atoms with Crippen molar-refractivity contribution in [3.8, 4) is 5.75 Å². The zero-order chi connectivity index (χ0) is 30.3. The van der Waals surface area contributed by atoms with Gasteiger partial charge in [0.2, 0.25) is 0 Å². The fourth-order valence-electron chi connectivity index (χ4n) is 6.58. The standard InChI is InChI=1S/C37H54O5/c1-26(2)37(7,25-36(4,5)6)35(38)42-34-20-16-30-23-33(19-15-31(30)24-34)41-27(3)39-21-22-40-32-17-13-29(14-18-32)28-11-9-8-10-12-28/h13-17,19-20,24,26-28,32-33H,8-12,18,21-23,25H2,1-7H3. The molecule has 1 saturated carbocycles. The lowest BCUT2D eigenvalue weighted by Gasteiger charge is -2.36. The van der Waals surface area contributed by atoms with Gasteiger partial charge >= 0.3 is 5.97 Å². The van der Waals surface area contributed by atoms with E-state index in [1.54, 1.807) is 0 Å². The molecule has 5 nitrogen and oxygen atoms in total. The van der Waals surface area contributed by atoms with Gasteiger partial charge in [-0.1, -0.05) is 90.3 Å². The fraction of sp³-hybridized carbons (Fsp3) is 0.649. The zero-order valence-corrected chi connectivity index (χ0v) is 27.1. The average Bonchev–Trinajstić information content (AvgIpc) is 2.95. The molecule has 0 N–H and O–H groups in total. The van der Waals surface area contributed by atoms with Crippen LogP contribution in [0.15, 0.2) is 48.1 Å². The molecule has 0 saturated heterocycles. The topological polar surface area (TPSA) is 54.0 Å². The van der Waals surface area contributed by atoms with Crippen LogP contribution in [0.3, 0.4) is 0 Å². The van der Waals surface area contributed by atoms with Gasteiger partial charge in [0.15, 0.2) is 6.29 Å². The third-order valence-corrected chi connectivity index (χ3v) is 9.18. The first-order valence-electron chi connectivity index (χ1n) is 16.2. The second-order valence-corrected chi connectivity index (χ2v) is 14.3. The first kappa shape index (κ1) is 32.7. The van der Waals surface area contributed by atoms with Crippen molar-refractivity contribution in [2.75, 3.05) is 13.2 Å². The maximum atomic E-state index is 13.3. The molecule has 4 unspecified atom stereocenters. The van der Waals surface area contributed by atoms with Crippen LogP contribution in [0.25, 0.3) is 6.08 Å². The summed E-state index contributed by atoms with van der Waals surface area (Å²) in [5, 5.41) is 0. The number of carbonyl (C=O) groups excluding carboxylic acids is 1. The Labute approximate surface area is 254 Å². The predicted molar refractivity (Wildman–Crippen MR) is 170 cm³/mol. The number of fused-ring (bicyclic) bond motifs is 1. The summed E-state index contributed by atoms with van der Waals surface area (Å²) in [6, 6.07) is 5.90. The molecule has 232 valence electrons. The van der Waals surface area contributed by atoms with Crippen LogP contribution in [0.2, 0.25) is 0 Å². The van der Waals surface area contributed by atoms with E-state index in [1.807, 2.05) is 32.0 Å². The van der Waals surface area contributed by atoms with Crippen LogP contribution >= 0.6 is 0 Å². The highest BCUT2D eigenvalue weighted by molar-refractivity contribution is 5.79. The van der Waals surface area contributed by atoms with Crippen LogP contribution in [-0.2, 0) is 25.4 Å². The van der Waals surface area contributed by atoms with Gasteiger partial charge in [-0.3, -0.25) is 4.79 Å². The zero-order valence-electron chi connectivity index (χ0n) is 27.1. The Bertz CT molecular complexity index is 1130. The van der Waals surface area contributed by atoms with E-state index >= 15 is 0 Å². The smallest absolute Gasteiger partial charge is 0.317 e. The highest BCUT2D eigenvalue weighted by Gasteiger charge is 2.41. The van der Waals surface area contributed by atoms with Gasteiger partial charge in [-0.15, -0.1) is 0 Å². The molecule has 5 heteroatoms. The molecule has 1 fully saturated rings. The van der Waals surface area contributed by atoms with Crippen molar-refractivity contribution >= 4 is 12.0 Å². The molecule has 1 aromatic rings. The summed E-state index contributed by atoms with van der Waals surface area (Å²) in [6.07, 6.45) is 20.0. The number of benzene rings is 1. The number of carbonyl (C=O) groups is 1. The Morgan fingerprint density at radius 2 is 1.69 bits per heavy atom. The van der Waals surface area contributed by atoms with Gasteiger partial charge in [0.1, 0.15) is 5.75 Å². The molecule has 3 aliphatic rings. The lowest BCUT2D eigenvalue weighted by molar-refractivity contribution is -0.157. The van der Waals surface area contributed by atoms with E-state index in [0.717, 1.165) is 30.7 Å². The van der Waals surface area contributed by atoms with Gasteiger partial charge in [-0.25, -0.2) is 0 Å². The van der Waals surface area contributed by atoms with Gasteiger partial charge in [0.25, 0.3) is 0 Å². The predicted octanol–water partition coefficient (Wildman–Crippen LogP) is 8.86. The maximum Gasteiger partial charge on any atom is 0.317 e. The number of allylic oxidation sites excluding steroid dienone is 2. The number of ether oxygens (including phenoxy) is 4. The lowest BCUT2D eigenvalue weighted by Crippen LogP contribution is -2.40. The van der Waals surface area contributed by atoms with Crippen molar-refractivity contribution < 1.29 is 23.7 Å². The molecule has 0 aromatic heterocycles. The number of hydrogen-bond donors (Lipinski definition) is 0. The third-order valence-electron chi connectivity index (χ3n) is 9.18. The second-order valence-electron chi connectivity index (χ2n) is 14.3. The molecular formula is C37H54O5. The van der Waals surface area contributed by atoms with E-state index in [1.165, 1.54) is 43.2 Å². The molecule has 42 heavy (non-hydrogen) atoms. The maximum absolute atomic E-state index is 13.3.